The minimum atomic E-state index is -1.21. The zero-order valence-corrected chi connectivity index (χ0v) is 24.8. The highest BCUT2D eigenvalue weighted by Crippen LogP contribution is 2.64. The third-order valence-corrected chi connectivity index (χ3v) is 9.74. The van der Waals surface area contributed by atoms with Gasteiger partial charge in [0.1, 0.15) is 11.6 Å². The lowest BCUT2D eigenvalue weighted by Gasteiger charge is -2.37. The van der Waals surface area contributed by atoms with Crippen LogP contribution < -0.4 is 10.6 Å². The van der Waals surface area contributed by atoms with Crippen LogP contribution in [0.1, 0.15) is 37.3 Å². The zero-order valence-electron chi connectivity index (χ0n) is 24.0. The first-order valence-corrected chi connectivity index (χ1v) is 15.2. The van der Waals surface area contributed by atoms with Gasteiger partial charge in [-0.15, -0.1) is 0 Å². The predicted molar refractivity (Wildman–Crippen MR) is 163 cm³/mol. The minimum absolute atomic E-state index is 0.257. The smallest absolute Gasteiger partial charge is 0.250 e. The number of hydrogen-bond donors (Lipinski definition) is 3. The standard InChI is InChI=1S/C34H36ClN3O5/c1-2-33-17-18-34(43-33)28(27(33)30(40)36-20-23-11-7-4-8-12-23)32(42)38(26(21-39)19-22-9-5-3-6-10-22)29(34)31(41)37-25-15-13-24(35)14-16-25/h3-16,26-29,39H,2,17-21H2,1H3,(H,36,40)(H,37,41)/t26-,27-,28+,29?,33+,34?/m1/s1. The quantitative estimate of drug-likeness (QED) is 0.320. The van der Waals surface area contributed by atoms with Crippen LogP contribution in [0.5, 0.6) is 0 Å². The molecule has 3 aliphatic rings. The summed E-state index contributed by atoms with van der Waals surface area (Å²) >= 11 is 6.07. The van der Waals surface area contributed by atoms with Gasteiger partial charge in [0.15, 0.2) is 0 Å². The van der Waals surface area contributed by atoms with E-state index >= 15 is 0 Å². The highest BCUT2D eigenvalue weighted by Gasteiger charge is 2.79. The number of fused-ring (bicyclic) bond motifs is 1. The van der Waals surface area contributed by atoms with Crippen molar-refractivity contribution in [1.82, 2.24) is 10.2 Å². The molecular formula is C34H36ClN3O5. The fourth-order valence-electron chi connectivity index (χ4n) is 7.52. The normalized spacial score (nSPS) is 28.0. The monoisotopic (exact) mass is 601 g/mol. The Morgan fingerprint density at radius 1 is 0.977 bits per heavy atom. The minimum Gasteiger partial charge on any atom is -0.394 e. The largest absolute Gasteiger partial charge is 0.394 e. The summed E-state index contributed by atoms with van der Waals surface area (Å²) in [7, 11) is 0. The van der Waals surface area contributed by atoms with E-state index in [2.05, 4.69) is 10.6 Å². The number of nitrogens with zero attached hydrogens (tertiary/aromatic N) is 1. The van der Waals surface area contributed by atoms with Crippen molar-refractivity contribution >= 4 is 35.0 Å². The summed E-state index contributed by atoms with van der Waals surface area (Å²) < 4.78 is 6.86. The van der Waals surface area contributed by atoms with Crippen LogP contribution in [0.4, 0.5) is 5.69 Å². The van der Waals surface area contributed by atoms with E-state index in [9.17, 15) is 19.5 Å². The maximum absolute atomic E-state index is 14.6. The van der Waals surface area contributed by atoms with Crippen molar-refractivity contribution in [1.29, 1.82) is 0 Å². The number of hydrogen-bond acceptors (Lipinski definition) is 5. The Hall–Kier alpha value is -3.72. The molecule has 43 heavy (non-hydrogen) atoms. The summed E-state index contributed by atoms with van der Waals surface area (Å²) in [5.41, 5.74) is 0.332. The van der Waals surface area contributed by atoms with Crippen molar-refractivity contribution in [3.05, 3.63) is 101 Å². The number of carbonyl (C=O) groups is 3. The molecule has 1 spiro atoms. The maximum atomic E-state index is 14.6. The summed E-state index contributed by atoms with van der Waals surface area (Å²) in [4.78, 5) is 44.3. The van der Waals surface area contributed by atoms with Crippen LogP contribution in [0.15, 0.2) is 84.9 Å². The number of halogens is 1. The third-order valence-electron chi connectivity index (χ3n) is 9.49. The molecule has 3 aromatic carbocycles. The zero-order chi connectivity index (χ0) is 30.2. The van der Waals surface area contributed by atoms with Gasteiger partial charge in [-0.25, -0.2) is 0 Å². The molecule has 0 aliphatic carbocycles. The summed E-state index contributed by atoms with van der Waals surface area (Å²) in [5.74, 6) is -2.63. The maximum Gasteiger partial charge on any atom is 0.250 e. The molecule has 6 rings (SSSR count). The van der Waals surface area contributed by atoms with Gasteiger partial charge >= 0.3 is 0 Å². The lowest BCUT2D eigenvalue weighted by molar-refractivity contribution is -0.149. The number of carbonyl (C=O) groups excluding carboxylic acids is 3. The van der Waals surface area contributed by atoms with Crippen LogP contribution in [-0.2, 0) is 32.1 Å². The van der Waals surface area contributed by atoms with E-state index in [0.717, 1.165) is 11.1 Å². The third kappa shape index (κ3) is 5.11. The SMILES string of the molecule is CC[C@@]12CCC3(O1)C(C(=O)Nc1ccc(Cl)cc1)N([C@@H](CO)Cc1ccccc1)C(=O)[C@@H]3[C@@H]2C(=O)NCc1ccccc1. The number of ether oxygens (including phenoxy) is 1. The molecule has 224 valence electrons. The van der Waals surface area contributed by atoms with Gasteiger partial charge in [0.05, 0.1) is 30.1 Å². The number of amides is 3. The van der Waals surface area contributed by atoms with Crippen molar-refractivity contribution in [3.63, 3.8) is 0 Å². The first-order valence-electron chi connectivity index (χ1n) is 14.9. The second kappa shape index (κ2) is 11.8. The molecule has 3 aliphatic heterocycles. The summed E-state index contributed by atoms with van der Waals surface area (Å²) in [6, 6.07) is 24.2. The average molecular weight is 602 g/mol. The first-order chi connectivity index (χ1) is 20.8. The highest BCUT2D eigenvalue weighted by molar-refractivity contribution is 6.30. The van der Waals surface area contributed by atoms with E-state index < -0.39 is 41.0 Å². The van der Waals surface area contributed by atoms with Crippen LogP contribution in [0.2, 0.25) is 5.02 Å². The van der Waals surface area contributed by atoms with Gasteiger partial charge in [-0.05, 0) is 61.1 Å². The van der Waals surface area contributed by atoms with Gasteiger partial charge < -0.3 is 25.4 Å². The van der Waals surface area contributed by atoms with Crippen molar-refractivity contribution in [2.75, 3.05) is 11.9 Å². The van der Waals surface area contributed by atoms with Gasteiger partial charge in [-0.2, -0.15) is 0 Å². The number of aliphatic hydroxyl groups excluding tert-OH is 1. The van der Waals surface area contributed by atoms with Crippen molar-refractivity contribution < 1.29 is 24.2 Å². The molecule has 8 nitrogen and oxygen atoms in total. The second-order valence-corrected chi connectivity index (χ2v) is 12.2. The van der Waals surface area contributed by atoms with Gasteiger partial charge in [-0.1, -0.05) is 79.2 Å². The Bertz CT molecular complexity index is 1490. The van der Waals surface area contributed by atoms with E-state index in [1.54, 1.807) is 24.3 Å². The van der Waals surface area contributed by atoms with Crippen LogP contribution in [0.25, 0.3) is 0 Å². The van der Waals surface area contributed by atoms with Gasteiger partial charge in [-0.3, -0.25) is 14.4 Å². The summed E-state index contributed by atoms with van der Waals surface area (Å²) in [5, 5.41) is 17.2. The molecule has 3 N–H and O–H groups in total. The average Bonchev–Trinajstić information content (AvgIpc) is 3.64. The van der Waals surface area contributed by atoms with Crippen LogP contribution in [-0.4, -0.2) is 57.6 Å². The molecule has 3 aromatic rings. The van der Waals surface area contributed by atoms with Crippen LogP contribution in [0, 0.1) is 11.8 Å². The Morgan fingerprint density at radius 2 is 1.63 bits per heavy atom. The number of benzene rings is 3. The van der Waals surface area contributed by atoms with Crippen molar-refractivity contribution in [3.8, 4) is 0 Å². The molecular weight excluding hydrogens is 566 g/mol. The molecule has 9 heteroatoms. The Morgan fingerprint density at radius 3 is 2.26 bits per heavy atom. The fourth-order valence-corrected chi connectivity index (χ4v) is 7.65. The molecule has 2 unspecified atom stereocenters. The van der Waals surface area contributed by atoms with E-state index in [1.807, 2.05) is 67.6 Å². The number of aliphatic hydroxyl groups is 1. The predicted octanol–water partition coefficient (Wildman–Crippen LogP) is 4.35. The molecule has 3 heterocycles. The lowest BCUT2D eigenvalue weighted by Crippen LogP contribution is -2.57. The summed E-state index contributed by atoms with van der Waals surface area (Å²) in [6.45, 7) is 1.94. The molecule has 0 saturated carbocycles. The topological polar surface area (TPSA) is 108 Å². The number of likely N-dealkylation sites (tertiary alicyclic amines) is 1. The number of nitrogens with one attached hydrogen (secondary N) is 2. The van der Waals surface area contributed by atoms with Crippen molar-refractivity contribution in [2.45, 2.75) is 62.4 Å². The number of anilines is 1. The van der Waals surface area contributed by atoms with Gasteiger partial charge in [0.25, 0.3) is 0 Å². The lowest BCUT2D eigenvalue weighted by atomic mass is 9.65. The molecule has 0 aromatic heterocycles. The van der Waals surface area contributed by atoms with Crippen molar-refractivity contribution in [2.24, 2.45) is 11.8 Å². The molecule has 3 fully saturated rings. The Labute approximate surface area is 256 Å². The molecule has 3 saturated heterocycles. The van der Waals surface area contributed by atoms with E-state index in [4.69, 9.17) is 16.3 Å². The van der Waals surface area contributed by atoms with Crippen LogP contribution in [0.3, 0.4) is 0 Å². The van der Waals surface area contributed by atoms with E-state index in [1.165, 1.54) is 4.90 Å². The molecule has 2 bridgehead atoms. The highest BCUT2D eigenvalue weighted by atomic mass is 35.5. The van der Waals surface area contributed by atoms with Crippen LogP contribution >= 0.6 is 11.6 Å². The Balaban J connectivity index is 1.38. The van der Waals surface area contributed by atoms with E-state index in [-0.39, 0.29) is 18.4 Å². The second-order valence-electron chi connectivity index (χ2n) is 11.8. The Kier molecular flexibility index (Phi) is 8.02. The molecule has 6 atom stereocenters. The first kappa shape index (κ1) is 29.4. The number of rotatable bonds is 10. The summed E-state index contributed by atoms with van der Waals surface area (Å²) in [6.07, 6.45) is 1.89. The molecule has 3 amide bonds. The van der Waals surface area contributed by atoms with Gasteiger partial charge in [0, 0.05) is 17.3 Å². The molecule has 0 radical (unpaired) electrons. The van der Waals surface area contributed by atoms with E-state index in [0.29, 0.717) is 42.9 Å². The fraction of sp³-hybridized carbons (Fsp3) is 0.382. The van der Waals surface area contributed by atoms with Gasteiger partial charge in [0.2, 0.25) is 17.7 Å².